The molecule has 154 valence electrons. The fourth-order valence-electron chi connectivity index (χ4n) is 3.45. The standard InChI is InChI=1S/C21H15F2N7O/c1-11(28-19-17-18(25-9-24-17)26-10-27-19)20-29-16-7-4-13(23)8-15(16)21(31)30(20)14-5-2-12(22)3-6-14/h2-11H,1H3,(H2,24,25,26,27,28)/t11-/m1/s1. The Hall–Kier alpha value is -4.21. The Kier molecular flexibility index (Phi) is 4.39. The number of rotatable bonds is 4. The number of nitrogens with zero attached hydrogens (tertiary/aromatic N) is 5. The van der Waals surface area contributed by atoms with Crippen LogP contribution in [0.3, 0.4) is 0 Å². The SMILES string of the molecule is C[C@@H](Nc1ncnc2[nH]cnc12)c1nc2ccc(F)cc2c(=O)n1-c1ccc(F)cc1. The lowest BCUT2D eigenvalue weighted by molar-refractivity contribution is 0.626. The Balaban J connectivity index is 1.70. The summed E-state index contributed by atoms with van der Waals surface area (Å²) in [6, 6.07) is 8.76. The number of hydrogen-bond donors (Lipinski definition) is 2. The van der Waals surface area contributed by atoms with Crippen molar-refractivity contribution in [3.05, 3.63) is 82.9 Å². The van der Waals surface area contributed by atoms with Gasteiger partial charge >= 0.3 is 0 Å². The van der Waals surface area contributed by atoms with Crippen LogP contribution in [-0.4, -0.2) is 29.5 Å². The first-order chi connectivity index (χ1) is 15.0. The third-order valence-corrected chi connectivity index (χ3v) is 4.90. The van der Waals surface area contributed by atoms with Crippen LogP contribution < -0.4 is 10.9 Å². The van der Waals surface area contributed by atoms with Gasteiger partial charge in [0.15, 0.2) is 11.5 Å². The van der Waals surface area contributed by atoms with Gasteiger partial charge in [0.05, 0.1) is 29.0 Å². The molecule has 3 aromatic heterocycles. The zero-order valence-electron chi connectivity index (χ0n) is 16.2. The van der Waals surface area contributed by atoms with Crippen molar-refractivity contribution in [2.24, 2.45) is 0 Å². The molecule has 2 aromatic carbocycles. The molecule has 0 bridgehead atoms. The molecule has 0 saturated heterocycles. The summed E-state index contributed by atoms with van der Waals surface area (Å²) in [4.78, 5) is 33.4. The fourth-order valence-corrected chi connectivity index (χ4v) is 3.45. The second-order valence-electron chi connectivity index (χ2n) is 6.94. The third-order valence-electron chi connectivity index (χ3n) is 4.90. The van der Waals surface area contributed by atoms with Gasteiger partial charge in [-0.2, -0.15) is 0 Å². The summed E-state index contributed by atoms with van der Waals surface area (Å²) in [6.07, 6.45) is 2.89. The number of imidazole rings is 1. The number of anilines is 1. The molecule has 3 heterocycles. The lowest BCUT2D eigenvalue weighted by Gasteiger charge is -2.20. The highest BCUT2D eigenvalue weighted by Gasteiger charge is 2.20. The topological polar surface area (TPSA) is 101 Å². The molecule has 10 heteroatoms. The second kappa shape index (κ2) is 7.24. The van der Waals surface area contributed by atoms with E-state index < -0.39 is 23.2 Å². The Morgan fingerprint density at radius 2 is 1.81 bits per heavy atom. The predicted molar refractivity (Wildman–Crippen MR) is 111 cm³/mol. The number of H-pyrrole nitrogens is 1. The van der Waals surface area contributed by atoms with E-state index in [1.165, 1.54) is 53.6 Å². The van der Waals surface area contributed by atoms with Crippen molar-refractivity contribution in [2.45, 2.75) is 13.0 Å². The highest BCUT2D eigenvalue weighted by molar-refractivity contribution is 5.82. The van der Waals surface area contributed by atoms with Crippen LogP contribution in [0.4, 0.5) is 14.6 Å². The number of nitrogens with one attached hydrogen (secondary N) is 2. The second-order valence-corrected chi connectivity index (χ2v) is 6.94. The monoisotopic (exact) mass is 419 g/mol. The largest absolute Gasteiger partial charge is 0.358 e. The van der Waals surface area contributed by atoms with E-state index in [1.54, 1.807) is 6.92 Å². The molecule has 8 nitrogen and oxygen atoms in total. The Morgan fingerprint density at radius 3 is 2.61 bits per heavy atom. The Bertz CT molecular complexity index is 1480. The molecule has 0 spiro atoms. The van der Waals surface area contributed by atoms with E-state index in [2.05, 4.69) is 30.2 Å². The van der Waals surface area contributed by atoms with Gasteiger partial charge in [-0.1, -0.05) is 0 Å². The zero-order valence-corrected chi connectivity index (χ0v) is 16.2. The summed E-state index contributed by atoms with van der Waals surface area (Å²) in [7, 11) is 0. The molecule has 0 amide bonds. The van der Waals surface area contributed by atoms with E-state index in [-0.39, 0.29) is 5.39 Å². The average Bonchev–Trinajstić information content (AvgIpc) is 3.25. The third kappa shape index (κ3) is 3.27. The van der Waals surface area contributed by atoms with Crippen molar-refractivity contribution in [3.8, 4) is 5.69 Å². The van der Waals surface area contributed by atoms with Crippen molar-refractivity contribution in [1.29, 1.82) is 0 Å². The van der Waals surface area contributed by atoms with E-state index in [1.807, 2.05) is 0 Å². The number of aromatic amines is 1. The van der Waals surface area contributed by atoms with Gasteiger partial charge in [-0.15, -0.1) is 0 Å². The van der Waals surface area contributed by atoms with Gasteiger partial charge in [-0.05, 0) is 49.4 Å². The lowest BCUT2D eigenvalue weighted by atomic mass is 10.2. The maximum absolute atomic E-state index is 13.8. The van der Waals surface area contributed by atoms with Gasteiger partial charge in [0, 0.05) is 0 Å². The number of halogens is 2. The van der Waals surface area contributed by atoms with Gasteiger partial charge in [-0.3, -0.25) is 9.36 Å². The van der Waals surface area contributed by atoms with Crippen LogP contribution in [0.5, 0.6) is 0 Å². The van der Waals surface area contributed by atoms with Crippen LogP contribution in [0.25, 0.3) is 27.8 Å². The van der Waals surface area contributed by atoms with E-state index in [0.717, 1.165) is 6.07 Å². The van der Waals surface area contributed by atoms with Gasteiger partial charge < -0.3 is 10.3 Å². The highest BCUT2D eigenvalue weighted by atomic mass is 19.1. The van der Waals surface area contributed by atoms with E-state index >= 15 is 0 Å². The highest BCUT2D eigenvalue weighted by Crippen LogP contribution is 2.24. The van der Waals surface area contributed by atoms with Crippen molar-refractivity contribution >= 4 is 27.9 Å². The zero-order chi connectivity index (χ0) is 21.5. The molecule has 31 heavy (non-hydrogen) atoms. The van der Waals surface area contributed by atoms with Crippen LogP contribution in [0.15, 0.2) is 59.9 Å². The minimum absolute atomic E-state index is 0.122. The smallest absolute Gasteiger partial charge is 0.266 e. The summed E-state index contributed by atoms with van der Waals surface area (Å²) in [6.45, 7) is 1.80. The summed E-state index contributed by atoms with van der Waals surface area (Å²) >= 11 is 0. The number of fused-ring (bicyclic) bond motifs is 2. The maximum atomic E-state index is 13.8. The normalized spacial score (nSPS) is 12.4. The van der Waals surface area contributed by atoms with Crippen LogP contribution in [0.2, 0.25) is 0 Å². The minimum atomic E-state index is -0.544. The van der Waals surface area contributed by atoms with E-state index in [9.17, 15) is 13.6 Å². The maximum Gasteiger partial charge on any atom is 0.266 e. The van der Waals surface area contributed by atoms with Gasteiger partial charge in [-0.25, -0.2) is 28.7 Å². The molecule has 5 rings (SSSR count). The molecular formula is C21H15F2N7O. The van der Waals surface area contributed by atoms with Crippen molar-refractivity contribution < 1.29 is 8.78 Å². The summed E-state index contributed by atoms with van der Waals surface area (Å²) in [5, 5.41) is 3.33. The first-order valence-electron chi connectivity index (χ1n) is 9.40. The van der Waals surface area contributed by atoms with Gasteiger partial charge in [0.1, 0.15) is 29.3 Å². The molecule has 1 atom stereocenters. The van der Waals surface area contributed by atoms with Crippen LogP contribution in [0, 0.1) is 11.6 Å². The summed E-state index contributed by atoms with van der Waals surface area (Å²) in [5.41, 5.74) is 1.38. The number of benzene rings is 2. The van der Waals surface area contributed by atoms with Crippen molar-refractivity contribution in [2.75, 3.05) is 5.32 Å². The van der Waals surface area contributed by atoms with Crippen LogP contribution >= 0.6 is 0 Å². The number of aromatic nitrogens is 6. The first-order valence-corrected chi connectivity index (χ1v) is 9.40. The number of hydrogen-bond acceptors (Lipinski definition) is 6. The molecule has 0 radical (unpaired) electrons. The molecule has 0 saturated carbocycles. The Labute approximate surface area is 173 Å². The van der Waals surface area contributed by atoms with E-state index in [0.29, 0.717) is 34.0 Å². The Morgan fingerprint density at radius 1 is 1.03 bits per heavy atom. The molecule has 0 aliphatic heterocycles. The molecule has 5 aromatic rings. The van der Waals surface area contributed by atoms with Crippen LogP contribution in [-0.2, 0) is 0 Å². The average molecular weight is 419 g/mol. The first kappa shape index (κ1) is 18.8. The van der Waals surface area contributed by atoms with Crippen LogP contribution in [0.1, 0.15) is 18.8 Å². The summed E-state index contributed by atoms with van der Waals surface area (Å²) < 4.78 is 28.6. The summed E-state index contributed by atoms with van der Waals surface area (Å²) in [5.74, 6) is -0.181. The quantitative estimate of drug-likeness (QED) is 0.462. The molecule has 0 fully saturated rings. The van der Waals surface area contributed by atoms with Crippen molar-refractivity contribution in [1.82, 2.24) is 29.5 Å². The molecule has 2 N–H and O–H groups in total. The molecule has 0 aliphatic rings. The van der Waals surface area contributed by atoms with Crippen molar-refractivity contribution in [3.63, 3.8) is 0 Å². The molecular weight excluding hydrogens is 404 g/mol. The van der Waals surface area contributed by atoms with Gasteiger partial charge in [0.2, 0.25) is 0 Å². The lowest BCUT2D eigenvalue weighted by Crippen LogP contribution is -2.27. The minimum Gasteiger partial charge on any atom is -0.358 e. The van der Waals surface area contributed by atoms with E-state index in [4.69, 9.17) is 0 Å². The molecule has 0 unspecified atom stereocenters. The van der Waals surface area contributed by atoms with Gasteiger partial charge in [0.25, 0.3) is 5.56 Å². The fraction of sp³-hybridized carbons (Fsp3) is 0.0952. The predicted octanol–water partition coefficient (Wildman–Crippen LogP) is 3.50. The molecule has 0 aliphatic carbocycles.